The highest BCUT2D eigenvalue weighted by Crippen LogP contribution is 2.21. The van der Waals surface area contributed by atoms with E-state index in [0.29, 0.717) is 16.9 Å². The summed E-state index contributed by atoms with van der Waals surface area (Å²) in [4.78, 5) is 14.0. The molecule has 1 heterocycles. The molecule has 1 amide bonds. The molecule has 106 valence electrons. The molecule has 0 aliphatic rings. The Hall–Kier alpha value is -1.75. The number of nitrogens with two attached hydrogens (primary N) is 1. The fraction of sp³-hybridized carbons (Fsp3) is 0.267. The molecule has 1 atom stereocenters. The predicted octanol–water partition coefficient (Wildman–Crippen LogP) is 3.39. The highest BCUT2D eigenvalue weighted by molar-refractivity contribution is 9.10. The molecule has 1 aromatic heterocycles. The Morgan fingerprint density at radius 2 is 2.15 bits per heavy atom. The van der Waals surface area contributed by atoms with Gasteiger partial charge in [0.2, 0.25) is 5.91 Å². The van der Waals surface area contributed by atoms with Gasteiger partial charge < -0.3 is 15.1 Å². The number of likely N-dealkylation sites (N-methyl/N-ethyl adjacent to an activating group) is 1. The van der Waals surface area contributed by atoms with Gasteiger partial charge in [-0.2, -0.15) is 0 Å². The van der Waals surface area contributed by atoms with E-state index in [1.54, 1.807) is 11.9 Å². The molecule has 4 nitrogen and oxygen atoms in total. The number of furan rings is 1. The Morgan fingerprint density at radius 1 is 1.40 bits per heavy atom. The highest BCUT2D eigenvalue weighted by atomic mass is 79.9. The topological polar surface area (TPSA) is 59.5 Å². The summed E-state index contributed by atoms with van der Waals surface area (Å²) < 4.78 is 6.08. The quantitative estimate of drug-likeness (QED) is 0.870. The first kappa shape index (κ1) is 14.7. The van der Waals surface area contributed by atoms with E-state index in [4.69, 9.17) is 10.2 Å². The lowest BCUT2D eigenvalue weighted by molar-refractivity contribution is -0.131. The third-order valence-corrected chi connectivity index (χ3v) is 3.61. The van der Waals surface area contributed by atoms with Crippen LogP contribution < -0.4 is 5.73 Å². The monoisotopic (exact) mass is 336 g/mol. The van der Waals surface area contributed by atoms with E-state index < -0.39 is 0 Å². The van der Waals surface area contributed by atoms with Crippen LogP contribution >= 0.6 is 15.9 Å². The van der Waals surface area contributed by atoms with Crippen molar-refractivity contribution in [3.8, 4) is 0 Å². The molecule has 0 aliphatic heterocycles. The van der Waals surface area contributed by atoms with E-state index in [1.807, 2.05) is 43.3 Å². The van der Waals surface area contributed by atoms with Crippen molar-refractivity contribution in [1.29, 1.82) is 0 Å². The molecular weight excluding hydrogens is 320 g/mol. The Bertz CT molecular complexity index is 609. The average Bonchev–Trinajstić information content (AvgIpc) is 2.82. The van der Waals surface area contributed by atoms with Gasteiger partial charge >= 0.3 is 0 Å². The predicted molar refractivity (Wildman–Crippen MR) is 82.2 cm³/mol. The van der Waals surface area contributed by atoms with Crippen LogP contribution in [-0.4, -0.2) is 17.9 Å². The number of amides is 1. The Morgan fingerprint density at radius 3 is 2.75 bits per heavy atom. The molecule has 0 aliphatic carbocycles. The maximum atomic E-state index is 12.4. The number of benzene rings is 1. The Kier molecular flexibility index (Phi) is 4.49. The molecule has 0 radical (unpaired) electrons. The van der Waals surface area contributed by atoms with Gasteiger partial charge in [0.05, 0.1) is 12.5 Å². The van der Waals surface area contributed by atoms with Crippen LogP contribution in [0.5, 0.6) is 0 Å². The maximum absolute atomic E-state index is 12.4. The first-order chi connectivity index (χ1) is 9.47. The normalized spacial score (nSPS) is 12.2. The van der Waals surface area contributed by atoms with Gasteiger partial charge in [-0.25, -0.2) is 0 Å². The fourth-order valence-electron chi connectivity index (χ4n) is 2.05. The minimum Gasteiger partial charge on any atom is -0.452 e. The molecule has 1 aromatic carbocycles. The van der Waals surface area contributed by atoms with Crippen LogP contribution in [0.25, 0.3) is 0 Å². The van der Waals surface area contributed by atoms with Gasteiger partial charge in [-0.1, -0.05) is 12.1 Å². The van der Waals surface area contributed by atoms with Crippen molar-refractivity contribution < 1.29 is 9.21 Å². The smallest absolute Gasteiger partial charge is 0.229 e. The third-order valence-electron chi connectivity index (χ3n) is 3.18. The molecule has 2 N–H and O–H groups in total. The van der Waals surface area contributed by atoms with Crippen LogP contribution in [-0.2, 0) is 11.3 Å². The average molecular weight is 337 g/mol. The largest absolute Gasteiger partial charge is 0.452 e. The number of nitrogens with zero attached hydrogens (tertiary/aromatic N) is 1. The number of hydrogen-bond acceptors (Lipinski definition) is 3. The van der Waals surface area contributed by atoms with Crippen LogP contribution in [0.4, 0.5) is 5.69 Å². The second-order valence-corrected chi connectivity index (χ2v) is 5.57. The molecule has 0 fully saturated rings. The molecule has 0 saturated carbocycles. The van der Waals surface area contributed by atoms with E-state index in [-0.39, 0.29) is 11.8 Å². The van der Waals surface area contributed by atoms with Gasteiger partial charge in [0.15, 0.2) is 4.67 Å². The second-order valence-electron chi connectivity index (χ2n) is 4.79. The zero-order chi connectivity index (χ0) is 14.7. The highest BCUT2D eigenvalue weighted by Gasteiger charge is 2.20. The molecule has 0 bridgehead atoms. The number of carbonyl (C=O) groups excluding carboxylic acids is 1. The maximum Gasteiger partial charge on any atom is 0.229 e. The Labute approximate surface area is 126 Å². The van der Waals surface area contributed by atoms with E-state index in [9.17, 15) is 4.79 Å². The minimum absolute atomic E-state index is 0.0307. The van der Waals surface area contributed by atoms with Crippen molar-refractivity contribution in [1.82, 2.24) is 4.90 Å². The molecule has 0 spiro atoms. The number of nitrogen functional groups attached to an aromatic ring is 1. The molecular formula is C15H17BrN2O2. The second kappa shape index (κ2) is 6.13. The zero-order valence-electron chi connectivity index (χ0n) is 11.5. The summed E-state index contributed by atoms with van der Waals surface area (Å²) in [6.07, 6.45) is 0. The van der Waals surface area contributed by atoms with Gasteiger partial charge in [0.1, 0.15) is 5.76 Å². The number of rotatable bonds is 4. The Balaban J connectivity index is 2.06. The number of anilines is 1. The molecule has 2 rings (SSSR count). The summed E-state index contributed by atoms with van der Waals surface area (Å²) in [5, 5.41) is 0. The van der Waals surface area contributed by atoms with Crippen molar-refractivity contribution in [2.75, 3.05) is 12.8 Å². The van der Waals surface area contributed by atoms with E-state index in [0.717, 1.165) is 11.3 Å². The van der Waals surface area contributed by atoms with Crippen molar-refractivity contribution in [3.63, 3.8) is 0 Å². The van der Waals surface area contributed by atoms with Gasteiger partial charge in [-0.05, 0) is 52.7 Å². The van der Waals surface area contributed by atoms with Crippen molar-refractivity contribution in [2.24, 2.45) is 0 Å². The van der Waals surface area contributed by atoms with Crippen LogP contribution in [0.3, 0.4) is 0 Å². The standard InChI is InChI=1S/C15H17BrN2O2/c1-10(11-4-3-5-12(17)8-11)15(19)18(2)9-13-6-7-14(16)20-13/h3-8,10H,9,17H2,1-2H3. The van der Waals surface area contributed by atoms with Gasteiger partial charge in [0, 0.05) is 12.7 Å². The third kappa shape index (κ3) is 3.42. The van der Waals surface area contributed by atoms with Gasteiger partial charge in [-0.3, -0.25) is 4.79 Å². The summed E-state index contributed by atoms with van der Waals surface area (Å²) in [6.45, 7) is 2.32. The van der Waals surface area contributed by atoms with Crippen LogP contribution in [0.1, 0.15) is 24.2 Å². The summed E-state index contributed by atoms with van der Waals surface area (Å²) in [7, 11) is 1.77. The van der Waals surface area contributed by atoms with Crippen molar-refractivity contribution in [2.45, 2.75) is 19.4 Å². The van der Waals surface area contributed by atoms with E-state index in [2.05, 4.69) is 15.9 Å². The fourth-order valence-corrected chi connectivity index (χ4v) is 2.39. The minimum atomic E-state index is -0.234. The lowest BCUT2D eigenvalue weighted by Gasteiger charge is -2.21. The number of hydrogen-bond donors (Lipinski definition) is 1. The van der Waals surface area contributed by atoms with Crippen LogP contribution in [0.2, 0.25) is 0 Å². The van der Waals surface area contributed by atoms with Gasteiger partial charge in [0.25, 0.3) is 0 Å². The summed E-state index contributed by atoms with van der Waals surface area (Å²) >= 11 is 3.25. The van der Waals surface area contributed by atoms with Crippen molar-refractivity contribution >= 4 is 27.5 Å². The molecule has 1 unspecified atom stereocenters. The number of halogens is 1. The lowest BCUT2D eigenvalue weighted by Crippen LogP contribution is -2.30. The zero-order valence-corrected chi connectivity index (χ0v) is 13.1. The summed E-state index contributed by atoms with van der Waals surface area (Å²) in [5.74, 6) is 0.539. The molecule has 2 aromatic rings. The molecule has 5 heteroatoms. The summed E-state index contributed by atoms with van der Waals surface area (Å²) in [5.41, 5.74) is 7.34. The molecule has 20 heavy (non-hydrogen) atoms. The van der Waals surface area contributed by atoms with Crippen molar-refractivity contribution in [3.05, 3.63) is 52.4 Å². The van der Waals surface area contributed by atoms with E-state index >= 15 is 0 Å². The lowest BCUT2D eigenvalue weighted by atomic mass is 9.99. The first-order valence-electron chi connectivity index (χ1n) is 6.32. The number of carbonyl (C=O) groups is 1. The molecule has 0 saturated heterocycles. The van der Waals surface area contributed by atoms with Crippen LogP contribution in [0.15, 0.2) is 45.5 Å². The summed E-state index contributed by atoms with van der Waals surface area (Å²) in [6, 6.07) is 11.1. The van der Waals surface area contributed by atoms with E-state index in [1.165, 1.54) is 0 Å². The first-order valence-corrected chi connectivity index (χ1v) is 7.11. The van der Waals surface area contributed by atoms with Crippen LogP contribution in [0, 0.1) is 0 Å². The SMILES string of the molecule is CC(C(=O)N(C)Cc1ccc(Br)o1)c1cccc(N)c1. The van der Waals surface area contributed by atoms with Gasteiger partial charge in [-0.15, -0.1) is 0 Å².